The number of ether oxygens (including phenoxy) is 3. The highest BCUT2D eigenvalue weighted by atomic mass is 79.9. The predicted octanol–water partition coefficient (Wildman–Crippen LogP) is 9.15. The third-order valence-corrected chi connectivity index (χ3v) is 4.79. The fraction of sp³-hybridized carbons (Fsp3) is 0.143. The zero-order chi connectivity index (χ0) is 24.8. The number of rotatable bonds is 6. The second-order valence-corrected chi connectivity index (χ2v) is 8.16. The monoisotopic (exact) mass is 666 g/mol. The number of para-hydroxylation sites is 1. The Morgan fingerprint density at radius 3 is 1.58 bits per heavy atom. The van der Waals surface area contributed by atoms with Crippen LogP contribution in [0.1, 0.15) is 0 Å². The van der Waals surface area contributed by atoms with Crippen LogP contribution in [0.25, 0.3) is 0 Å². The topological polar surface area (TPSA) is 27.7 Å². The van der Waals surface area contributed by atoms with Gasteiger partial charge in [0.2, 0.25) is 0 Å². The highest BCUT2D eigenvalue weighted by Gasteiger charge is 2.06. The molecule has 0 aromatic heterocycles. The van der Waals surface area contributed by atoms with Crippen molar-refractivity contribution in [2.24, 2.45) is 0 Å². The molecule has 0 N–H and O–H groups in total. The van der Waals surface area contributed by atoms with Gasteiger partial charge in [-0.15, -0.1) is 0 Å². The lowest BCUT2D eigenvalue weighted by Gasteiger charge is -2.04. The summed E-state index contributed by atoms with van der Waals surface area (Å²) < 4.78 is 84.2. The Kier molecular flexibility index (Phi) is 14.0. The lowest BCUT2D eigenvalue weighted by molar-refractivity contribution is -0.0509. The lowest BCUT2D eigenvalue weighted by atomic mass is 10.3. The minimum absolute atomic E-state index is 0.155. The summed E-state index contributed by atoms with van der Waals surface area (Å²) in [5.41, 5.74) is 0. The first-order valence-electron chi connectivity index (χ1n) is 8.67. The van der Waals surface area contributed by atoms with E-state index in [-0.39, 0.29) is 17.2 Å². The molecule has 0 fully saturated rings. The van der Waals surface area contributed by atoms with Crippen molar-refractivity contribution >= 4 is 47.8 Å². The second-order valence-electron chi connectivity index (χ2n) is 5.48. The first-order valence-corrected chi connectivity index (χ1v) is 11.0. The van der Waals surface area contributed by atoms with Crippen molar-refractivity contribution in [2.45, 2.75) is 19.8 Å². The minimum Gasteiger partial charge on any atom is -0.435 e. The maximum atomic E-state index is 11.7. The molecule has 0 aliphatic rings. The molecule has 0 unspecified atom stereocenters. The molecule has 0 bridgehead atoms. The van der Waals surface area contributed by atoms with Gasteiger partial charge < -0.3 is 14.2 Å². The molecule has 0 aliphatic heterocycles. The average Bonchev–Trinajstić information content (AvgIpc) is 2.71. The smallest absolute Gasteiger partial charge is 0.387 e. The van der Waals surface area contributed by atoms with Crippen molar-refractivity contribution in [2.75, 3.05) is 0 Å². The van der Waals surface area contributed by atoms with Crippen molar-refractivity contribution in [3.05, 3.63) is 86.2 Å². The van der Waals surface area contributed by atoms with Gasteiger partial charge in [-0.25, -0.2) is 0 Å². The van der Waals surface area contributed by atoms with E-state index in [1.807, 2.05) is 0 Å². The van der Waals surface area contributed by atoms with E-state index in [1.54, 1.807) is 42.5 Å². The van der Waals surface area contributed by atoms with Gasteiger partial charge >= 0.3 is 19.8 Å². The zero-order valence-electron chi connectivity index (χ0n) is 16.3. The summed E-state index contributed by atoms with van der Waals surface area (Å²) >= 11 is 9.36. The Labute approximate surface area is 211 Å². The van der Waals surface area contributed by atoms with Crippen LogP contribution in [0.3, 0.4) is 0 Å². The van der Waals surface area contributed by atoms with Crippen LogP contribution in [0, 0.1) is 0 Å². The van der Waals surface area contributed by atoms with Gasteiger partial charge in [0.1, 0.15) is 17.2 Å². The van der Waals surface area contributed by atoms with Gasteiger partial charge in [0.25, 0.3) is 0 Å². The quantitative estimate of drug-likeness (QED) is 0.245. The van der Waals surface area contributed by atoms with Crippen molar-refractivity contribution in [1.82, 2.24) is 0 Å². The Morgan fingerprint density at radius 1 is 0.515 bits per heavy atom. The molecule has 0 heterocycles. The number of hydrogen-bond donors (Lipinski definition) is 0. The van der Waals surface area contributed by atoms with Gasteiger partial charge in [0.15, 0.2) is 0 Å². The average molecular weight is 669 g/mol. The summed E-state index contributed by atoms with van der Waals surface area (Å²) in [6, 6.07) is 19.0. The maximum absolute atomic E-state index is 11.7. The molecule has 3 aromatic rings. The summed E-state index contributed by atoms with van der Waals surface area (Å²) in [7, 11) is 0. The number of halogens is 9. The van der Waals surface area contributed by atoms with Crippen molar-refractivity contribution in [3.63, 3.8) is 0 Å². The normalized spacial score (nSPS) is 10.2. The van der Waals surface area contributed by atoms with Crippen LogP contribution in [-0.2, 0) is 0 Å². The SMILES string of the molecule is FC(F)Oc1ccc(Br)cc1.FC(F)Oc1cccc(Br)c1.FC(F)Oc1ccccc1Br. The number of benzene rings is 3. The largest absolute Gasteiger partial charge is 0.435 e. The molecule has 0 saturated heterocycles. The molecular weight excluding hydrogens is 654 g/mol. The van der Waals surface area contributed by atoms with E-state index >= 15 is 0 Å². The third kappa shape index (κ3) is 14.1. The molecule has 0 aliphatic carbocycles. The fourth-order valence-electron chi connectivity index (χ4n) is 1.90. The Bertz CT molecular complexity index is 947. The highest BCUT2D eigenvalue weighted by molar-refractivity contribution is 9.11. The van der Waals surface area contributed by atoms with Crippen LogP contribution >= 0.6 is 47.8 Å². The van der Waals surface area contributed by atoms with Gasteiger partial charge in [-0.1, -0.05) is 50.1 Å². The van der Waals surface area contributed by atoms with E-state index in [0.29, 0.717) is 4.47 Å². The maximum Gasteiger partial charge on any atom is 0.387 e. The predicted molar refractivity (Wildman–Crippen MR) is 122 cm³/mol. The molecule has 3 nitrogen and oxygen atoms in total. The van der Waals surface area contributed by atoms with E-state index < -0.39 is 19.8 Å². The first-order chi connectivity index (χ1) is 15.6. The van der Waals surface area contributed by atoms with E-state index in [4.69, 9.17) is 0 Å². The zero-order valence-corrected chi connectivity index (χ0v) is 21.0. The van der Waals surface area contributed by atoms with Gasteiger partial charge in [-0.3, -0.25) is 0 Å². The molecule has 3 rings (SSSR count). The van der Waals surface area contributed by atoms with Crippen LogP contribution in [0.2, 0.25) is 0 Å². The highest BCUT2D eigenvalue weighted by Crippen LogP contribution is 2.25. The van der Waals surface area contributed by atoms with Crippen molar-refractivity contribution in [1.29, 1.82) is 0 Å². The second kappa shape index (κ2) is 15.8. The van der Waals surface area contributed by atoms with E-state index in [0.717, 1.165) is 8.95 Å². The molecule has 12 heteroatoms. The molecule has 3 aromatic carbocycles. The molecule has 180 valence electrons. The molecule has 0 amide bonds. The fourth-order valence-corrected chi connectivity index (χ4v) is 2.92. The number of hydrogen-bond acceptors (Lipinski definition) is 3. The molecule has 0 saturated carbocycles. The number of alkyl halides is 6. The summed E-state index contributed by atoms with van der Waals surface area (Å²) in [6.07, 6.45) is 0. The lowest BCUT2D eigenvalue weighted by Crippen LogP contribution is -2.01. The summed E-state index contributed by atoms with van der Waals surface area (Å²) in [5.74, 6) is 0.486. The Hall–Kier alpha value is -1.92. The Morgan fingerprint density at radius 2 is 1.06 bits per heavy atom. The standard InChI is InChI=1S/3C7H5BrF2O/c8-5-1-3-6(4-2-5)11-7(9)10;8-5-2-1-3-6(4-5)11-7(9)10;8-5-3-1-2-4-6(5)11-7(9)10/h3*1-4,7H. The van der Waals surface area contributed by atoms with Gasteiger partial charge in [0.05, 0.1) is 4.47 Å². The van der Waals surface area contributed by atoms with E-state index in [9.17, 15) is 26.3 Å². The summed E-state index contributed by atoms with van der Waals surface area (Å²) in [4.78, 5) is 0. The minimum atomic E-state index is -2.77. The molecule has 0 spiro atoms. The molecule has 0 radical (unpaired) electrons. The van der Waals surface area contributed by atoms with Gasteiger partial charge in [0, 0.05) is 8.95 Å². The summed E-state index contributed by atoms with van der Waals surface area (Å²) in [5, 5.41) is 0. The first kappa shape index (κ1) is 29.1. The van der Waals surface area contributed by atoms with Crippen LogP contribution in [0.4, 0.5) is 26.3 Å². The van der Waals surface area contributed by atoms with Crippen LogP contribution in [0.5, 0.6) is 17.2 Å². The Balaban J connectivity index is 0.000000247. The van der Waals surface area contributed by atoms with Gasteiger partial charge in [-0.05, 0) is 70.5 Å². The van der Waals surface area contributed by atoms with E-state index in [2.05, 4.69) is 62.0 Å². The molecular formula is C21H15Br3F6O3. The van der Waals surface area contributed by atoms with Crippen molar-refractivity contribution in [3.8, 4) is 17.2 Å². The van der Waals surface area contributed by atoms with Crippen LogP contribution in [-0.4, -0.2) is 19.8 Å². The van der Waals surface area contributed by atoms with Crippen LogP contribution in [0.15, 0.2) is 86.2 Å². The van der Waals surface area contributed by atoms with E-state index in [1.165, 1.54) is 30.3 Å². The molecule has 33 heavy (non-hydrogen) atoms. The third-order valence-electron chi connectivity index (χ3n) is 3.11. The van der Waals surface area contributed by atoms with Crippen LogP contribution < -0.4 is 14.2 Å². The van der Waals surface area contributed by atoms with Gasteiger partial charge in [-0.2, -0.15) is 26.3 Å². The molecule has 0 atom stereocenters. The van der Waals surface area contributed by atoms with Crippen molar-refractivity contribution < 1.29 is 40.6 Å². The summed E-state index contributed by atoms with van der Waals surface area (Å²) in [6.45, 7) is -8.28.